The van der Waals surface area contributed by atoms with Gasteiger partial charge in [-0.2, -0.15) is 0 Å². The summed E-state index contributed by atoms with van der Waals surface area (Å²) in [5.41, 5.74) is 0.243. The lowest BCUT2D eigenvalue weighted by atomic mass is 9.83. The van der Waals surface area contributed by atoms with Gasteiger partial charge in [0.15, 0.2) is 0 Å². The van der Waals surface area contributed by atoms with E-state index in [1.165, 1.54) is 6.26 Å². The molecule has 0 saturated heterocycles. The van der Waals surface area contributed by atoms with Crippen LogP contribution in [0.1, 0.15) is 53.4 Å². The number of carbonyl (C=O) groups excluding carboxylic acids is 1. The Balaban J connectivity index is 3.87. The predicted molar refractivity (Wildman–Crippen MR) is 71.8 cm³/mol. The molecule has 1 unspecified atom stereocenters. The molecule has 0 rings (SSSR count). The van der Waals surface area contributed by atoms with Crippen molar-refractivity contribution < 1.29 is 13.2 Å². The minimum absolute atomic E-state index is 0.117. The Morgan fingerprint density at radius 1 is 1.24 bits per heavy atom. The Bertz CT molecular complexity index is 336. The van der Waals surface area contributed by atoms with Crippen molar-refractivity contribution in [3.05, 3.63) is 0 Å². The fourth-order valence-electron chi connectivity index (χ4n) is 2.14. The van der Waals surface area contributed by atoms with E-state index in [0.29, 0.717) is 25.2 Å². The molecule has 4 heteroatoms. The van der Waals surface area contributed by atoms with Crippen molar-refractivity contribution in [2.45, 2.75) is 53.4 Å². The molecule has 0 aliphatic carbocycles. The van der Waals surface area contributed by atoms with Crippen molar-refractivity contribution in [1.29, 1.82) is 0 Å². The van der Waals surface area contributed by atoms with Crippen LogP contribution in [0.4, 0.5) is 0 Å². The lowest BCUT2D eigenvalue weighted by molar-refractivity contribution is -0.120. The Kier molecular flexibility index (Phi) is 6.38. The third-order valence-corrected chi connectivity index (χ3v) is 3.54. The van der Waals surface area contributed by atoms with Gasteiger partial charge in [0.1, 0.15) is 15.6 Å². The lowest BCUT2D eigenvalue weighted by Gasteiger charge is -2.22. The summed E-state index contributed by atoms with van der Waals surface area (Å²) in [6.45, 7) is 8.58. The first kappa shape index (κ1) is 16.6. The summed E-state index contributed by atoms with van der Waals surface area (Å²) in [5.74, 6) is 0.679. The van der Waals surface area contributed by atoms with Gasteiger partial charge >= 0.3 is 0 Å². The zero-order chi connectivity index (χ0) is 13.7. The quantitative estimate of drug-likeness (QED) is 0.709. The molecule has 0 fully saturated rings. The Morgan fingerprint density at radius 3 is 2.18 bits per heavy atom. The standard InChI is InChI=1S/C13H26O3S/c1-11(10-13(2,3)4)9-12(14)7-6-8-17(5,15)16/h11H,6-10H2,1-5H3. The SMILES string of the molecule is CC(CC(=O)CCCS(C)(=O)=O)CC(C)(C)C. The number of sulfone groups is 1. The molecule has 0 aliphatic heterocycles. The maximum absolute atomic E-state index is 11.6. The van der Waals surface area contributed by atoms with Gasteiger partial charge in [-0.1, -0.05) is 27.7 Å². The van der Waals surface area contributed by atoms with E-state index in [-0.39, 0.29) is 17.0 Å². The summed E-state index contributed by atoms with van der Waals surface area (Å²) in [5, 5.41) is 0. The van der Waals surface area contributed by atoms with E-state index in [2.05, 4.69) is 27.7 Å². The molecule has 0 heterocycles. The number of Topliss-reactive ketones (excluding diaryl/α,β-unsaturated/α-hetero) is 1. The second-order valence-electron chi connectivity index (χ2n) is 6.35. The zero-order valence-corrected chi connectivity index (χ0v) is 12.6. The number of hydrogen-bond acceptors (Lipinski definition) is 3. The summed E-state index contributed by atoms with van der Waals surface area (Å²) in [4.78, 5) is 11.6. The van der Waals surface area contributed by atoms with Crippen LogP contribution in [0.5, 0.6) is 0 Å². The normalized spacial score (nSPS) is 14.6. The molecule has 3 nitrogen and oxygen atoms in total. The first-order valence-corrected chi connectivity index (χ1v) is 8.25. The molecule has 0 amide bonds. The topological polar surface area (TPSA) is 51.2 Å². The summed E-state index contributed by atoms with van der Waals surface area (Å²) in [6.07, 6.45) is 3.65. The minimum Gasteiger partial charge on any atom is -0.300 e. The van der Waals surface area contributed by atoms with E-state index in [1.54, 1.807) is 0 Å². The molecule has 17 heavy (non-hydrogen) atoms. The first-order valence-electron chi connectivity index (χ1n) is 6.19. The smallest absolute Gasteiger partial charge is 0.147 e. The summed E-state index contributed by atoms with van der Waals surface area (Å²) >= 11 is 0. The number of ketones is 1. The number of rotatable bonds is 7. The molecule has 0 aromatic carbocycles. The molecule has 0 N–H and O–H groups in total. The van der Waals surface area contributed by atoms with Crippen molar-refractivity contribution in [3.8, 4) is 0 Å². The number of hydrogen-bond donors (Lipinski definition) is 0. The maximum Gasteiger partial charge on any atom is 0.147 e. The largest absolute Gasteiger partial charge is 0.300 e. The highest BCUT2D eigenvalue weighted by Gasteiger charge is 2.17. The van der Waals surface area contributed by atoms with E-state index in [0.717, 1.165) is 6.42 Å². The van der Waals surface area contributed by atoms with Crippen LogP contribution in [0.3, 0.4) is 0 Å². The second kappa shape index (κ2) is 6.53. The van der Waals surface area contributed by atoms with Crippen molar-refractivity contribution in [2.75, 3.05) is 12.0 Å². The molecule has 0 radical (unpaired) electrons. The highest BCUT2D eigenvalue weighted by molar-refractivity contribution is 7.90. The van der Waals surface area contributed by atoms with Gasteiger partial charge in [0.25, 0.3) is 0 Å². The van der Waals surface area contributed by atoms with Gasteiger partial charge in [0.05, 0.1) is 5.75 Å². The Morgan fingerprint density at radius 2 is 1.76 bits per heavy atom. The van der Waals surface area contributed by atoms with Gasteiger partial charge in [0, 0.05) is 19.1 Å². The third kappa shape index (κ3) is 11.9. The van der Waals surface area contributed by atoms with E-state index in [4.69, 9.17) is 0 Å². The lowest BCUT2D eigenvalue weighted by Crippen LogP contribution is -2.15. The predicted octanol–water partition coefficient (Wildman–Crippen LogP) is 2.84. The van der Waals surface area contributed by atoms with E-state index < -0.39 is 9.84 Å². The molecule has 0 saturated carbocycles. The minimum atomic E-state index is -2.93. The van der Waals surface area contributed by atoms with Crippen LogP contribution in [-0.4, -0.2) is 26.2 Å². The van der Waals surface area contributed by atoms with Crippen molar-refractivity contribution in [3.63, 3.8) is 0 Å². The molecular weight excluding hydrogens is 236 g/mol. The fraction of sp³-hybridized carbons (Fsp3) is 0.923. The van der Waals surface area contributed by atoms with Crippen LogP contribution in [0, 0.1) is 11.3 Å². The van der Waals surface area contributed by atoms with Crippen LogP contribution in [0.2, 0.25) is 0 Å². The Labute approximate surface area is 106 Å². The number of carbonyl (C=O) groups is 1. The third-order valence-electron chi connectivity index (χ3n) is 2.51. The van der Waals surface area contributed by atoms with Gasteiger partial charge in [-0.25, -0.2) is 8.42 Å². The molecule has 0 aliphatic rings. The maximum atomic E-state index is 11.6. The zero-order valence-electron chi connectivity index (χ0n) is 11.7. The van der Waals surface area contributed by atoms with Crippen LogP contribution in [0.15, 0.2) is 0 Å². The van der Waals surface area contributed by atoms with E-state index in [9.17, 15) is 13.2 Å². The average molecular weight is 262 g/mol. The van der Waals surface area contributed by atoms with Gasteiger partial charge in [-0.05, 0) is 24.2 Å². The fourth-order valence-corrected chi connectivity index (χ4v) is 2.81. The second-order valence-corrected chi connectivity index (χ2v) is 8.61. The van der Waals surface area contributed by atoms with Crippen LogP contribution in [0.25, 0.3) is 0 Å². The molecular formula is C13H26O3S. The summed E-state index contributed by atoms with van der Waals surface area (Å²) < 4.78 is 21.8. The van der Waals surface area contributed by atoms with Gasteiger partial charge < -0.3 is 0 Å². The average Bonchev–Trinajstić information content (AvgIpc) is 1.96. The molecule has 102 valence electrons. The van der Waals surface area contributed by atoms with Gasteiger partial charge in [-0.15, -0.1) is 0 Å². The first-order chi connectivity index (χ1) is 7.49. The molecule has 0 bridgehead atoms. The van der Waals surface area contributed by atoms with E-state index >= 15 is 0 Å². The van der Waals surface area contributed by atoms with Crippen molar-refractivity contribution in [1.82, 2.24) is 0 Å². The van der Waals surface area contributed by atoms with Crippen molar-refractivity contribution >= 4 is 15.6 Å². The van der Waals surface area contributed by atoms with Gasteiger partial charge in [0.2, 0.25) is 0 Å². The van der Waals surface area contributed by atoms with E-state index in [1.807, 2.05) is 0 Å². The van der Waals surface area contributed by atoms with Crippen molar-refractivity contribution in [2.24, 2.45) is 11.3 Å². The monoisotopic (exact) mass is 262 g/mol. The molecule has 1 atom stereocenters. The van der Waals surface area contributed by atoms with Gasteiger partial charge in [-0.3, -0.25) is 4.79 Å². The van der Waals surface area contributed by atoms with Crippen LogP contribution < -0.4 is 0 Å². The summed E-state index contributed by atoms with van der Waals surface area (Å²) in [6, 6.07) is 0. The molecule has 0 spiro atoms. The van der Waals surface area contributed by atoms with Crippen LogP contribution in [-0.2, 0) is 14.6 Å². The molecule has 0 aromatic rings. The molecule has 0 aromatic heterocycles. The highest BCUT2D eigenvalue weighted by atomic mass is 32.2. The van der Waals surface area contributed by atoms with Crippen LogP contribution >= 0.6 is 0 Å². The summed E-state index contributed by atoms with van der Waals surface area (Å²) in [7, 11) is -2.93. The Hall–Kier alpha value is -0.380. The highest BCUT2D eigenvalue weighted by Crippen LogP contribution is 2.26.